The Morgan fingerprint density at radius 3 is 2.40 bits per heavy atom. The van der Waals surface area contributed by atoms with E-state index in [2.05, 4.69) is 10.6 Å². The predicted molar refractivity (Wildman–Crippen MR) is 148 cm³/mol. The van der Waals surface area contributed by atoms with Gasteiger partial charge in [0.1, 0.15) is 34.0 Å². The number of ketones is 3. The largest absolute Gasteiger partial charge is 0.507 e. The van der Waals surface area contributed by atoms with Gasteiger partial charge >= 0.3 is 0 Å². The van der Waals surface area contributed by atoms with Gasteiger partial charge in [-0.05, 0) is 50.6 Å². The number of benzene rings is 3. The van der Waals surface area contributed by atoms with E-state index in [1.54, 1.807) is 6.92 Å². The van der Waals surface area contributed by atoms with Crippen molar-refractivity contribution in [3.63, 3.8) is 0 Å². The van der Waals surface area contributed by atoms with E-state index in [1.165, 1.54) is 20.8 Å². The maximum atomic E-state index is 13.8. The Kier molecular flexibility index (Phi) is 6.45. The third-order valence-electron chi connectivity index (χ3n) is 7.54. The van der Waals surface area contributed by atoms with Crippen molar-refractivity contribution >= 4 is 39.7 Å². The van der Waals surface area contributed by atoms with Gasteiger partial charge in [-0.1, -0.05) is 30.3 Å². The van der Waals surface area contributed by atoms with E-state index in [0.29, 0.717) is 5.69 Å². The lowest BCUT2D eigenvalue weighted by Gasteiger charge is -2.29. The van der Waals surface area contributed by atoms with E-state index in [1.807, 2.05) is 42.5 Å². The number of allylic oxidation sites excluding steroid dienone is 4. The smallest absolute Gasteiger partial charge is 0.226 e. The van der Waals surface area contributed by atoms with Gasteiger partial charge in [0, 0.05) is 36.0 Å². The maximum absolute atomic E-state index is 13.8. The third kappa shape index (κ3) is 4.10. The number of hydrogen-bond acceptors (Lipinski definition) is 8. The van der Waals surface area contributed by atoms with Crippen LogP contribution < -0.4 is 15.4 Å². The van der Waals surface area contributed by atoms with Gasteiger partial charge in [0.2, 0.25) is 5.91 Å². The number of ether oxygens (including phenoxy) is 1. The van der Waals surface area contributed by atoms with Crippen LogP contribution in [-0.2, 0) is 19.8 Å². The standard InChI is InChI=1S/C31H28N2O7/c1-15-27(37)25(17(3)34)29-26(28(15)38)31(4)22(40-29)14-21(35)24(30(31)39)16(2)32-12-11-23(36)33-20-10-9-18-7-5-6-8-19(18)13-20/h5-10,13-14,32,37-38H,11-12H2,1-4H3,(H,33,36)/t31-/m0/s1. The number of aromatic hydroxyl groups is 2. The molecule has 3 aromatic carbocycles. The van der Waals surface area contributed by atoms with Crippen molar-refractivity contribution in [1.82, 2.24) is 5.32 Å². The van der Waals surface area contributed by atoms with Gasteiger partial charge in [0.05, 0.1) is 11.1 Å². The Hall–Kier alpha value is -4.92. The zero-order valence-electron chi connectivity index (χ0n) is 22.5. The van der Waals surface area contributed by atoms with E-state index in [4.69, 9.17) is 4.74 Å². The SMILES string of the molecule is CC(=O)c1c(O)c(C)c(O)c2c1OC1=CC(=O)C(=C(C)NCCC(=O)Nc3ccc4ccccc4c3)C(=O)[C@@]12C. The van der Waals surface area contributed by atoms with E-state index < -0.39 is 28.5 Å². The van der Waals surface area contributed by atoms with Crippen LogP contribution in [0.4, 0.5) is 5.69 Å². The number of Topliss-reactive ketones (excluding diaryl/α,β-unsaturated/α-hetero) is 2. The fourth-order valence-corrected chi connectivity index (χ4v) is 5.30. The number of nitrogens with one attached hydrogen (secondary N) is 2. The Balaban J connectivity index is 1.37. The quantitative estimate of drug-likeness (QED) is 0.206. The first kappa shape index (κ1) is 26.7. The fourth-order valence-electron chi connectivity index (χ4n) is 5.30. The minimum Gasteiger partial charge on any atom is -0.507 e. The van der Waals surface area contributed by atoms with Crippen LogP contribution in [-0.4, -0.2) is 40.0 Å². The van der Waals surface area contributed by atoms with E-state index >= 15 is 0 Å². The van der Waals surface area contributed by atoms with Crippen LogP contribution in [0.5, 0.6) is 17.2 Å². The Bertz CT molecular complexity index is 1720. The highest BCUT2D eigenvalue weighted by molar-refractivity contribution is 6.31. The van der Waals surface area contributed by atoms with Gasteiger partial charge in [0.25, 0.3) is 0 Å². The first-order valence-electron chi connectivity index (χ1n) is 12.8. The molecule has 0 radical (unpaired) electrons. The molecular weight excluding hydrogens is 512 g/mol. The van der Waals surface area contributed by atoms with E-state index in [-0.39, 0.29) is 64.1 Å². The van der Waals surface area contributed by atoms with Crippen molar-refractivity contribution in [3.8, 4) is 17.2 Å². The lowest BCUT2D eigenvalue weighted by molar-refractivity contribution is -0.123. The molecule has 1 atom stereocenters. The Labute approximate surface area is 230 Å². The van der Waals surface area contributed by atoms with E-state index in [0.717, 1.165) is 16.8 Å². The van der Waals surface area contributed by atoms with Crippen LogP contribution in [0.2, 0.25) is 0 Å². The molecule has 9 heteroatoms. The predicted octanol–water partition coefficient (Wildman–Crippen LogP) is 4.34. The second-order valence-corrected chi connectivity index (χ2v) is 10.2. The molecule has 5 rings (SSSR count). The average molecular weight is 541 g/mol. The van der Waals surface area contributed by atoms with Crippen LogP contribution >= 0.6 is 0 Å². The summed E-state index contributed by atoms with van der Waals surface area (Å²) >= 11 is 0. The maximum Gasteiger partial charge on any atom is 0.226 e. The number of amides is 1. The van der Waals surface area contributed by atoms with E-state index in [9.17, 15) is 29.4 Å². The van der Waals surface area contributed by atoms with Gasteiger partial charge < -0.3 is 25.6 Å². The molecule has 3 aromatic rings. The van der Waals surface area contributed by atoms with Gasteiger partial charge in [-0.3, -0.25) is 19.2 Å². The van der Waals surface area contributed by atoms with Crippen LogP contribution in [0.25, 0.3) is 10.8 Å². The van der Waals surface area contributed by atoms with Crippen LogP contribution in [0.15, 0.2) is 65.6 Å². The van der Waals surface area contributed by atoms with Crippen LogP contribution in [0, 0.1) is 6.92 Å². The minimum atomic E-state index is -1.60. The first-order valence-corrected chi connectivity index (χ1v) is 12.8. The highest BCUT2D eigenvalue weighted by Gasteiger charge is 2.56. The van der Waals surface area contributed by atoms with Gasteiger partial charge in [-0.15, -0.1) is 0 Å². The summed E-state index contributed by atoms with van der Waals surface area (Å²) in [5.41, 5.74) is -0.934. The molecule has 0 bridgehead atoms. The summed E-state index contributed by atoms with van der Waals surface area (Å²) in [5, 5.41) is 29.3. The molecule has 9 nitrogen and oxygen atoms in total. The monoisotopic (exact) mass is 540 g/mol. The fraction of sp³-hybridized carbons (Fsp3) is 0.226. The summed E-state index contributed by atoms with van der Waals surface area (Å²) in [6.07, 6.45) is 1.23. The van der Waals surface area contributed by atoms with Crippen molar-refractivity contribution in [3.05, 3.63) is 82.3 Å². The van der Waals surface area contributed by atoms with Crippen molar-refractivity contribution < 1.29 is 34.1 Å². The molecule has 2 aliphatic rings. The van der Waals surface area contributed by atoms with Crippen molar-refractivity contribution in [2.24, 2.45) is 0 Å². The summed E-state index contributed by atoms with van der Waals surface area (Å²) in [6, 6.07) is 13.4. The summed E-state index contributed by atoms with van der Waals surface area (Å²) in [7, 11) is 0. The number of fused-ring (bicyclic) bond motifs is 4. The molecule has 0 saturated heterocycles. The lowest BCUT2D eigenvalue weighted by Crippen LogP contribution is -2.41. The molecule has 40 heavy (non-hydrogen) atoms. The zero-order valence-corrected chi connectivity index (χ0v) is 22.5. The summed E-state index contributed by atoms with van der Waals surface area (Å²) in [4.78, 5) is 51.7. The Morgan fingerprint density at radius 1 is 1.00 bits per heavy atom. The van der Waals surface area contributed by atoms with Crippen molar-refractivity contribution in [2.45, 2.75) is 39.5 Å². The molecule has 1 aliphatic carbocycles. The van der Waals surface area contributed by atoms with Gasteiger partial charge in [0.15, 0.2) is 17.3 Å². The Morgan fingerprint density at radius 2 is 1.70 bits per heavy atom. The molecule has 0 spiro atoms. The second-order valence-electron chi connectivity index (χ2n) is 10.2. The summed E-state index contributed by atoms with van der Waals surface area (Å²) in [5.74, 6) is -3.01. The van der Waals surface area contributed by atoms with Crippen molar-refractivity contribution in [1.29, 1.82) is 0 Å². The number of carbonyl (C=O) groups is 4. The number of phenols is 2. The number of phenolic OH excluding ortho intramolecular Hbond substituents is 2. The topological polar surface area (TPSA) is 142 Å². The molecule has 0 aromatic heterocycles. The molecule has 4 N–H and O–H groups in total. The molecule has 1 aliphatic heterocycles. The normalized spacial score (nSPS) is 18.9. The minimum absolute atomic E-state index is 0.0248. The molecule has 1 amide bonds. The molecule has 204 valence electrons. The number of carbonyl (C=O) groups excluding carboxylic acids is 4. The molecule has 0 fully saturated rings. The van der Waals surface area contributed by atoms with Crippen molar-refractivity contribution in [2.75, 3.05) is 11.9 Å². The first-order chi connectivity index (χ1) is 18.9. The second kappa shape index (κ2) is 9.68. The van der Waals surface area contributed by atoms with Gasteiger partial charge in [-0.2, -0.15) is 0 Å². The summed E-state index contributed by atoms with van der Waals surface area (Å²) < 4.78 is 5.77. The highest BCUT2D eigenvalue weighted by Crippen LogP contribution is 2.57. The molecular formula is C31H28N2O7. The number of hydrogen-bond donors (Lipinski definition) is 4. The molecule has 0 saturated carbocycles. The van der Waals surface area contributed by atoms with Crippen LogP contribution in [0.1, 0.15) is 48.7 Å². The molecule has 1 heterocycles. The lowest BCUT2D eigenvalue weighted by atomic mass is 9.70. The number of rotatable bonds is 6. The number of anilines is 1. The highest BCUT2D eigenvalue weighted by atomic mass is 16.5. The zero-order chi connectivity index (χ0) is 28.9. The molecule has 0 unspecified atom stereocenters. The summed E-state index contributed by atoms with van der Waals surface area (Å²) in [6.45, 7) is 5.88. The third-order valence-corrected chi connectivity index (χ3v) is 7.54. The van der Waals surface area contributed by atoms with Gasteiger partial charge in [-0.25, -0.2) is 0 Å². The average Bonchev–Trinajstić information content (AvgIpc) is 3.20. The van der Waals surface area contributed by atoms with Crippen LogP contribution in [0.3, 0.4) is 0 Å².